The predicted molar refractivity (Wildman–Crippen MR) is 82.6 cm³/mol. The number of piperazine rings is 1. The Bertz CT molecular complexity index is 412. The summed E-state index contributed by atoms with van der Waals surface area (Å²) in [5.41, 5.74) is 8.92. The number of hydrogen-bond donors (Lipinski definition) is 1. The van der Waals surface area contributed by atoms with Crippen LogP contribution in [0.1, 0.15) is 39.3 Å². The largest absolute Gasteiger partial charge is 0.369 e. The number of rotatable bonds is 2. The highest BCUT2D eigenvalue weighted by Crippen LogP contribution is 2.27. The van der Waals surface area contributed by atoms with Crippen LogP contribution in [0.15, 0.2) is 24.3 Å². The maximum Gasteiger partial charge on any atom is 0.0415 e. The minimum atomic E-state index is 0.0943. The number of hydrogen-bond acceptors (Lipinski definition) is 3. The molecular weight excluding hydrogens is 234 g/mol. The molecule has 1 aromatic carbocycles. The second-order valence-electron chi connectivity index (χ2n) is 6.49. The van der Waals surface area contributed by atoms with Crippen LogP contribution >= 0.6 is 0 Å². The zero-order valence-electron chi connectivity index (χ0n) is 12.7. The third-order valence-corrected chi connectivity index (χ3v) is 4.00. The molecule has 1 fully saturated rings. The first kappa shape index (κ1) is 14.4. The van der Waals surface area contributed by atoms with Crippen LogP contribution in [-0.4, -0.2) is 36.6 Å². The zero-order chi connectivity index (χ0) is 14.0. The first-order chi connectivity index (χ1) is 8.89. The lowest BCUT2D eigenvalue weighted by Gasteiger charge is -2.43. The molecule has 1 unspecified atom stereocenters. The fourth-order valence-electron chi connectivity index (χ4n) is 2.78. The number of benzene rings is 1. The van der Waals surface area contributed by atoms with Crippen molar-refractivity contribution in [2.75, 3.05) is 31.1 Å². The fraction of sp³-hybridized carbons (Fsp3) is 0.625. The van der Waals surface area contributed by atoms with Crippen molar-refractivity contribution >= 4 is 5.69 Å². The van der Waals surface area contributed by atoms with Crippen molar-refractivity contribution in [1.29, 1.82) is 0 Å². The van der Waals surface area contributed by atoms with Gasteiger partial charge < -0.3 is 10.6 Å². The lowest BCUT2D eigenvalue weighted by molar-refractivity contribution is 0.128. The maximum absolute atomic E-state index is 6.08. The Labute approximate surface area is 117 Å². The summed E-state index contributed by atoms with van der Waals surface area (Å²) in [7, 11) is 0. The molecule has 0 aromatic heterocycles. The molecule has 2 rings (SSSR count). The summed E-state index contributed by atoms with van der Waals surface area (Å²) < 4.78 is 0. The van der Waals surface area contributed by atoms with E-state index in [2.05, 4.69) is 61.8 Å². The first-order valence-corrected chi connectivity index (χ1v) is 7.24. The summed E-state index contributed by atoms with van der Waals surface area (Å²) in [5, 5.41) is 0. The average molecular weight is 261 g/mol. The molecule has 1 atom stereocenters. The van der Waals surface area contributed by atoms with E-state index < -0.39 is 0 Å². The molecule has 0 amide bonds. The van der Waals surface area contributed by atoms with Gasteiger partial charge in [0, 0.05) is 43.4 Å². The monoisotopic (exact) mass is 261 g/mol. The van der Waals surface area contributed by atoms with Gasteiger partial charge in [-0.05, 0) is 39.3 Å². The van der Waals surface area contributed by atoms with Crippen LogP contribution in [0.2, 0.25) is 0 Å². The minimum Gasteiger partial charge on any atom is -0.369 e. The van der Waals surface area contributed by atoms with Crippen molar-refractivity contribution in [1.82, 2.24) is 4.90 Å². The number of nitrogens with zero attached hydrogens (tertiary/aromatic N) is 2. The van der Waals surface area contributed by atoms with Gasteiger partial charge in [0.1, 0.15) is 0 Å². The van der Waals surface area contributed by atoms with E-state index >= 15 is 0 Å². The Morgan fingerprint density at radius 2 is 1.63 bits per heavy atom. The molecule has 0 radical (unpaired) electrons. The van der Waals surface area contributed by atoms with E-state index in [4.69, 9.17) is 5.73 Å². The van der Waals surface area contributed by atoms with E-state index in [0.29, 0.717) is 0 Å². The van der Waals surface area contributed by atoms with Gasteiger partial charge in [-0.2, -0.15) is 0 Å². The molecule has 1 aliphatic rings. The van der Waals surface area contributed by atoms with Gasteiger partial charge in [0.2, 0.25) is 0 Å². The van der Waals surface area contributed by atoms with Crippen LogP contribution in [0, 0.1) is 0 Å². The van der Waals surface area contributed by atoms with E-state index in [9.17, 15) is 0 Å². The van der Waals surface area contributed by atoms with Gasteiger partial charge in [-0.3, -0.25) is 4.90 Å². The van der Waals surface area contributed by atoms with Gasteiger partial charge in [0.05, 0.1) is 0 Å². The number of anilines is 1. The van der Waals surface area contributed by atoms with E-state index in [1.807, 2.05) is 0 Å². The number of para-hydroxylation sites is 1. The maximum atomic E-state index is 6.08. The van der Waals surface area contributed by atoms with Crippen molar-refractivity contribution in [2.24, 2.45) is 5.73 Å². The lowest BCUT2D eigenvalue weighted by atomic mass is 10.0. The average Bonchev–Trinajstić information content (AvgIpc) is 2.38. The smallest absolute Gasteiger partial charge is 0.0415 e. The van der Waals surface area contributed by atoms with E-state index in [-0.39, 0.29) is 11.6 Å². The van der Waals surface area contributed by atoms with Crippen molar-refractivity contribution in [3.63, 3.8) is 0 Å². The summed E-state index contributed by atoms with van der Waals surface area (Å²) in [6.07, 6.45) is 0. The summed E-state index contributed by atoms with van der Waals surface area (Å²) in [6.45, 7) is 13.3. The Kier molecular flexibility index (Phi) is 4.16. The summed E-state index contributed by atoms with van der Waals surface area (Å²) in [6, 6.07) is 8.63. The second-order valence-corrected chi connectivity index (χ2v) is 6.49. The minimum absolute atomic E-state index is 0.0943. The third kappa shape index (κ3) is 3.28. The summed E-state index contributed by atoms with van der Waals surface area (Å²) in [4.78, 5) is 5.03. The molecule has 0 bridgehead atoms. The topological polar surface area (TPSA) is 32.5 Å². The highest BCUT2D eigenvalue weighted by molar-refractivity contribution is 5.55. The molecule has 1 saturated heterocycles. The molecule has 0 spiro atoms. The normalized spacial score (nSPS) is 19.5. The van der Waals surface area contributed by atoms with Gasteiger partial charge in [-0.1, -0.05) is 18.2 Å². The Morgan fingerprint density at radius 3 is 2.16 bits per heavy atom. The quantitative estimate of drug-likeness (QED) is 0.888. The van der Waals surface area contributed by atoms with E-state index in [1.165, 1.54) is 11.3 Å². The van der Waals surface area contributed by atoms with Gasteiger partial charge in [0.15, 0.2) is 0 Å². The molecule has 3 heteroatoms. The van der Waals surface area contributed by atoms with Crippen LogP contribution in [0.3, 0.4) is 0 Å². The predicted octanol–water partition coefficient (Wildman–Crippen LogP) is 2.63. The van der Waals surface area contributed by atoms with E-state index in [0.717, 1.165) is 26.2 Å². The van der Waals surface area contributed by atoms with Crippen LogP contribution < -0.4 is 10.6 Å². The molecule has 19 heavy (non-hydrogen) atoms. The number of nitrogens with two attached hydrogens (primary N) is 1. The van der Waals surface area contributed by atoms with Crippen LogP contribution in [0.25, 0.3) is 0 Å². The molecule has 0 saturated carbocycles. The van der Waals surface area contributed by atoms with Crippen LogP contribution in [0.4, 0.5) is 5.69 Å². The Morgan fingerprint density at radius 1 is 1.05 bits per heavy atom. The molecule has 0 aliphatic carbocycles. The molecule has 3 nitrogen and oxygen atoms in total. The fourth-order valence-corrected chi connectivity index (χ4v) is 2.78. The highest BCUT2D eigenvalue weighted by Gasteiger charge is 2.26. The molecule has 1 aliphatic heterocycles. The van der Waals surface area contributed by atoms with E-state index in [1.54, 1.807) is 0 Å². The van der Waals surface area contributed by atoms with Crippen molar-refractivity contribution in [2.45, 2.75) is 39.3 Å². The molecule has 106 valence electrons. The van der Waals surface area contributed by atoms with Gasteiger partial charge in [-0.15, -0.1) is 0 Å². The van der Waals surface area contributed by atoms with Crippen LogP contribution in [0.5, 0.6) is 0 Å². The summed E-state index contributed by atoms with van der Waals surface area (Å²) >= 11 is 0. The Balaban J connectivity index is 2.10. The Hall–Kier alpha value is -1.06. The van der Waals surface area contributed by atoms with Gasteiger partial charge in [-0.25, -0.2) is 0 Å². The first-order valence-electron chi connectivity index (χ1n) is 7.24. The second kappa shape index (κ2) is 5.51. The third-order valence-electron chi connectivity index (χ3n) is 4.00. The molecule has 2 N–H and O–H groups in total. The molecule has 1 heterocycles. The lowest BCUT2D eigenvalue weighted by Crippen LogP contribution is -2.53. The molecular formula is C16H27N3. The molecule has 1 aromatic rings. The SMILES string of the molecule is CC(N)c1ccccc1N1CCN(C(C)(C)C)CC1. The highest BCUT2D eigenvalue weighted by atomic mass is 15.3. The summed E-state index contributed by atoms with van der Waals surface area (Å²) in [5.74, 6) is 0. The van der Waals surface area contributed by atoms with Crippen molar-refractivity contribution in [3.8, 4) is 0 Å². The van der Waals surface area contributed by atoms with Crippen LogP contribution in [-0.2, 0) is 0 Å². The standard InChI is InChI=1S/C16H27N3/c1-13(17)14-7-5-6-8-15(14)18-9-11-19(12-10-18)16(2,3)4/h5-8,13H,9-12,17H2,1-4H3. The zero-order valence-corrected chi connectivity index (χ0v) is 12.7. The van der Waals surface area contributed by atoms with Gasteiger partial charge >= 0.3 is 0 Å². The van der Waals surface area contributed by atoms with Crippen molar-refractivity contribution in [3.05, 3.63) is 29.8 Å². The van der Waals surface area contributed by atoms with Gasteiger partial charge in [0.25, 0.3) is 0 Å². The van der Waals surface area contributed by atoms with Crippen molar-refractivity contribution < 1.29 is 0 Å².